The minimum atomic E-state index is -0.180. The lowest BCUT2D eigenvalue weighted by Crippen LogP contribution is -2.21. The Bertz CT molecular complexity index is 486. The number of halogens is 1. The maximum absolute atomic E-state index is 11.9. The van der Waals surface area contributed by atoms with E-state index in [1.54, 1.807) is 6.07 Å². The molecule has 0 saturated heterocycles. The molecule has 1 aromatic rings. The van der Waals surface area contributed by atoms with Gasteiger partial charge < -0.3 is 15.2 Å². The van der Waals surface area contributed by atoms with Crippen molar-refractivity contribution in [1.82, 2.24) is 0 Å². The molecule has 1 aliphatic heterocycles. The minimum absolute atomic E-state index is 0.0704. The predicted octanol–water partition coefficient (Wildman–Crippen LogP) is 2.38. The Balaban J connectivity index is 2.68. The van der Waals surface area contributed by atoms with Gasteiger partial charge >= 0.3 is 0 Å². The van der Waals surface area contributed by atoms with E-state index in [0.29, 0.717) is 35.3 Å². The molecule has 0 radical (unpaired) electrons. The number of ether oxygens (including phenoxy) is 2. The molecule has 0 saturated carbocycles. The smallest absolute Gasteiger partial charge is 0.178 e. The van der Waals surface area contributed by atoms with Gasteiger partial charge in [0.15, 0.2) is 17.3 Å². The van der Waals surface area contributed by atoms with Crippen LogP contribution < -0.4 is 15.2 Å². The van der Waals surface area contributed by atoms with Crippen LogP contribution in [0.4, 0.5) is 0 Å². The monoisotopic (exact) mass is 269 g/mol. The molecule has 0 bridgehead atoms. The average molecular weight is 270 g/mol. The quantitative estimate of drug-likeness (QED) is 0.856. The van der Waals surface area contributed by atoms with Crippen LogP contribution in [0.1, 0.15) is 35.7 Å². The molecule has 0 amide bonds. The summed E-state index contributed by atoms with van der Waals surface area (Å²) >= 11 is 6.17. The second kappa shape index (κ2) is 5.16. The van der Waals surface area contributed by atoms with E-state index in [0.717, 1.165) is 5.56 Å². The highest BCUT2D eigenvalue weighted by molar-refractivity contribution is 6.34. The number of hydrogen-bond acceptors (Lipinski definition) is 4. The van der Waals surface area contributed by atoms with Crippen LogP contribution in [-0.4, -0.2) is 25.5 Å². The van der Waals surface area contributed by atoms with Crippen molar-refractivity contribution in [3.05, 3.63) is 22.2 Å². The number of carbonyl (C=O) groups is 1. The van der Waals surface area contributed by atoms with Crippen molar-refractivity contribution in [2.45, 2.75) is 19.8 Å². The summed E-state index contributed by atoms with van der Waals surface area (Å²) in [6, 6.07) is 1.63. The van der Waals surface area contributed by atoms with Crippen LogP contribution in [0.25, 0.3) is 0 Å². The van der Waals surface area contributed by atoms with Gasteiger partial charge in [-0.15, -0.1) is 0 Å². The molecule has 1 heterocycles. The van der Waals surface area contributed by atoms with Gasteiger partial charge in [0.2, 0.25) is 0 Å². The first-order valence-corrected chi connectivity index (χ1v) is 6.29. The molecule has 0 fully saturated rings. The maximum Gasteiger partial charge on any atom is 0.178 e. The molecule has 2 N–H and O–H groups in total. The van der Waals surface area contributed by atoms with Crippen LogP contribution in [0.3, 0.4) is 0 Å². The SMILES string of the molecule is CC(C)c1c2c(cc(Cl)c1C(=O)CN)OCCO2. The van der Waals surface area contributed by atoms with Gasteiger partial charge in [-0.2, -0.15) is 0 Å². The first-order chi connectivity index (χ1) is 8.56. The van der Waals surface area contributed by atoms with Crippen LogP contribution in [0.15, 0.2) is 6.07 Å². The van der Waals surface area contributed by atoms with Crippen LogP contribution in [0, 0.1) is 0 Å². The van der Waals surface area contributed by atoms with Crippen molar-refractivity contribution in [2.75, 3.05) is 19.8 Å². The van der Waals surface area contributed by atoms with E-state index >= 15 is 0 Å². The van der Waals surface area contributed by atoms with E-state index in [9.17, 15) is 4.79 Å². The fourth-order valence-electron chi connectivity index (χ4n) is 2.12. The molecule has 0 aromatic heterocycles. The molecule has 98 valence electrons. The van der Waals surface area contributed by atoms with Crippen molar-refractivity contribution in [3.8, 4) is 11.5 Å². The van der Waals surface area contributed by atoms with Crippen molar-refractivity contribution in [1.29, 1.82) is 0 Å². The summed E-state index contributed by atoms with van der Waals surface area (Å²) in [6.45, 7) is 4.86. The summed E-state index contributed by atoms with van der Waals surface area (Å²) in [5.74, 6) is 1.14. The van der Waals surface area contributed by atoms with E-state index in [1.807, 2.05) is 13.8 Å². The number of rotatable bonds is 3. The molecule has 1 aromatic carbocycles. The van der Waals surface area contributed by atoms with Crippen molar-refractivity contribution in [2.24, 2.45) is 5.73 Å². The summed E-state index contributed by atoms with van der Waals surface area (Å²) in [7, 11) is 0. The first-order valence-electron chi connectivity index (χ1n) is 5.91. The number of Topliss-reactive ketones (excluding diaryl/α,β-unsaturated/α-hetero) is 1. The van der Waals surface area contributed by atoms with E-state index in [4.69, 9.17) is 26.8 Å². The summed E-state index contributed by atoms with van der Waals surface area (Å²) in [6.07, 6.45) is 0. The zero-order chi connectivity index (χ0) is 13.3. The Kier molecular flexibility index (Phi) is 3.78. The second-order valence-corrected chi connectivity index (χ2v) is 4.86. The number of benzene rings is 1. The largest absolute Gasteiger partial charge is 0.486 e. The lowest BCUT2D eigenvalue weighted by atomic mass is 9.92. The van der Waals surface area contributed by atoms with Gasteiger partial charge in [0.25, 0.3) is 0 Å². The summed E-state index contributed by atoms with van der Waals surface area (Å²) in [5, 5.41) is 0.374. The van der Waals surface area contributed by atoms with E-state index in [1.165, 1.54) is 0 Å². The van der Waals surface area contributed by atoms with Crippen LogP contribution >= 0.6 is 11.6 Å². The number of nitrogens with two attached hydrogens (primary N) is 1. The highest BCUT2D eigenvalue weighted by Gasteiger charge is 2.26. The molecule has 0 unspecified atom stereocenters. The van der Waals surface area contributed by atoms with Gasteiger partial charge in [-0.1, -0.05) is 25.4 Å². The molecule has 5 heteroatoms. The average Bonchev–Trinajstić information content (AvgIpc) is 2.35. The second-order valence-electron chi connectivity index (χ2n) is 4.45. The molecule has 4 nitrogen and oxygen atoms in total. The molecular weight excluding hydrogens is 254 g/mol. The fraction of sp³-hybridized carbons (Fsp3) is 0.462. The van der Waals surface area contributed by atoms with E-state index < -0.39 is 0 Å². The summed E-state index contributed by atoms with van der Waals surface area (Å²) < 4.78 is 11.1. The molecule has 18 heavy (non-hydrogen) atoms. The van der Waals surface area contributed by atoms with Crippen molar-refractivity contribution < 1.29 is 14.3 Å². The zero-order valence-electron chi connectivity index (χ0n) is 10.5. The molecule has 1 aliphatic rings. The first kappa shape index (κ1) is 13.2. The van der Waals surface area contributed by atoms with Crippen molar-refractivity contribution in [3.63, 3.8) is 0 Å². The highest BCUT2D eigenvalue weighted by atomic mass is 35.5. The summed E-state index contributed by atoms with van der Waals surface area (Å²) in [4.78, 5) is 11.9. The third-order valence-electron chi connectivity index (χ3n) is 2.86. The lowest BCUT2D eigenvalue weighted by Gasteiger charge is -2.25. The Hall–Kier alpha value is -1.26. The Labute approximate surface area is 111 Å². The number of hydrogen-bond donors (Lipinski definition) is 1. The normalized spacial score (nSPS) is 13.8. The highest BCUT2D eigenvalue weighted by Crippen LogP contribution is 2.43. The zero-order valence-corrected chi connectivity index (χ0v) is 11.2. The van der Waals surface area contributed by atoms with E-state index in [-0.39, 0.29) is 18.2 Å². The third-order valence-corrected chi connectivity index (χ3v) is 3.16. The van der Waals surface area contributed by atoms with Crippen LogP contribution in [-0.2, 0) is 0 Å². The molecular formula is C13H16ClNO3. The van der Waals surface area contributed by atoms with Gasteiger partial charge in [-0.25, -0.2) is 0 Å². The number of ketones is 1. The van der Waals surface area contributed by atoms with Gasteiger partial charge in [0, 0.05) is 17.2 Å². The topological polar surface area (TPSA) is 61.6 Å². The maximum atomic E-state index is 11.9. The van der Waals surface area contributed by atoms with Crippen LogP contribution in [0.2, 0.25) is 5.02 Å². The standard InChI is InChI=1S/C13H16ClNO3/c1-7(2)11-12(9(16)6-15)8(14)5-10-13(11)18-4-3-17-10/h5,7H,3-4,6,15H2,1-2H3. The molecule has 0 spiro atoms. The fourth-order valence-corrected chi connectivity index (χ4v) is 2.42. The van der Waals surface area contributed by atoms with Gasteiger partial charge in [0.1, 0.15) is 13.2 Å². The molecule has 2 rings (SSSR count). The Morgan fingerprint density at radius 1 is 1.44 bits per heavy atom. The van der Waals surface area contributed by atoms with Crippen LogP contribution in [0.5, 0.6) is 11.5 Å². The van der Waals surface area contributed by atoms with Gasteiger partial charge in [-0.3, -0.25) is 4.79 Å². The Morgan fingerprint density at radius 3 is 2.72 bits per heavy atom. The summed E-state index contributed by atoms with van der Waals surface area (Å²) in [5.41, 5.74) is 6.68. The Morgan fingerprint density at radius 2 is 2.11 bits per heavy atom. The minimum Gasteiger partial charge on any atom is -0.486 e. The predicted molar refractivity (Wildman–Crippen MR) is 69.9 cm³/mol. The number of carbonyl (C=O) groups excluding carboxylic acids is 1. The number of fused-ring (bicyclic) bond motifs is 1. The van der Waals surface area contributed by atoms with Gasteiger partial charge in [-0.05, 0) is 5.92 Å². The van der Waals surface area contributed by atoms with E-state index in [2.05, 4.69) is 0 Å². The molecule has 0 aliphatic carbocycles. The molecule has 0 atom stereocenters. The lowest BCUT2D eigenvalue weighted by molar-refractivity contribution is 0.0998. The third kappa shape index (κ3) is 2.18. The van der Waals surface area contributed by atoms with Gasteiger partial charge in [0.05, 0.1) is 11.6 Å². The van der Waals surface area contributed by atoms with Crippen molar-refractivity contribution >= 4 is 17.4 Å².